The second-order valence-electron chi connectivity index (χ2n) is 6.88. The lowest BCUT2D eigenvalue weighted by Crippen LogP contribution is -2.21. The Kier molecular flexibility index (Phi) is 5.01. The molecule has 0 atom stereocenters. The number of carboxylic acids is 1. The van der Waals surface area contributed by atoms with E-state index >= 15 is 0 Å². The van der Waals surface area contributed by atoms with Crippen molar-refractivity contribution in [1.82, 2.24) is 0 Å². The van der Waals surface area contributed by atoms with Crippen LogP contribution >= 0.6 is 11.6 Å². The van der Waals surface area contributed by atoms with Crippen molar-refractivity contribution in [3.63, 3.8) is 0 Å². The smallest absolute Gasteiger partial charge is 0.335 e. The van der Waals surface area contributed by atoms with Gasteiger partial charge in [0, 0.05) is 10.6 Å². The Balaban J connectivity index is 1.62. The number of furan rings is 1. The highest BCUT2D eigenvalue weighted by Crippen LogP contribution is 2.29. The Morgan fingerprint density at radius 1 is 1.13 bits per heavy atom. The zero-order chi connectivity index (χ0) is 21.4. The maximum absolute atomic E-state index is 12.9. The van der Waals surface area contributed by atoms with Gasteiger partial charge in [-0.15, -0.1) is 0 Å². The summed E-state index contributed by atoms with van der Waals surface area (Å²) < 4.78 is 5.88. The highest BCUT2D eigenvalue weighted by Gasteiger charge is 2.29. The van der Waals surface area contributed by atoms with Crippen LogP contribution < -0.4 is 5.01 Å². The first-order valence-electron chi connectivity index (χ1n) is 9.15. The lowest BCUT2D eigenvalue weighted by atomic mass is 10.1. The number of nitrogens with zero attached hydrogens (tertiary/aromatic N) is 2. The molecule has 4 rings (SSSR count). The van der Waals surface area contributed by atoms with Crippen LogP contribution in [0, 0.1) is 6.92 Å². The van der Waals surface area contributed by atoms with Crippen LogP contribution in [0.2, 0.25) is 5.02 Å². The first kappa shape index (κ1) is 19.7. The SMILES string of the molecule is CC1=NN(c2cccc(C(=O)O)c2)C(=O)C1=Cc1ccc(-c2ccc(C)c(Cl)c2)o1. The van der Waals surface area contributed by atoms with E-state index in [1.54, 1.807) is 31.2 Å². The van der Waals surface area contributed by atoms with E-state index in [0.717, 1.165) is 11.1 Å². The third-order valence-electron chi connectivity index (χ3n) is 4.77. The van der Waals surface area contributed by atoms with Crippen LogP contribution in [-0.4, -0.2) is 22.7 Å². The molecule has 0 bridgehead atoms. The summed E-state index contributed by atoms with van der Waals surface area (Å²) in [6.07, 6.45) is 1.63. The largest absolute Gasteiger partial charge is 0.478 e. The van der Waals surface area contributed by atoms with Gasteiger partial charge >= 0.3 is 5.97 Å². The molecule has 0 unspecified atom stereocenters. The van der Waals surface area contributed by atoms with Gasteiger partial charge in [0.25, 0.3) is 5.91 Å². The van der Waals surface area contributed by atoms with E-state index in [0.29, 0.717) is 33.5 Å². The summed E-state index contributed by atoms with van der Waals surface area (Å²) in [4.78, 5) is 24.1. The molecule has 0 aliphatic carbocycles. The minimum Gasteiger partial charge on any atom is -0.478 e. The lowest BCUT2D eigenvalue weighted by molar-refractivity contribution is -0.114. The topological polar surface area (TPSA) is 83.1 Å². The summed E-state index contributed by atoms with van der Waals surface area (Å²) in [5.41, 5.74) is 3.17. The Hall–Kier alpha value is -3.64. The van der Waals surface area contributed by atoms with Crippen LogP contribution in [0.3, 0.4) is 0 Å². The standard InChI is InChI=1S/C23H17ClN2O4/c1-13-6-7-15(11-20(13)24)21-9-8-18(30-21)12-19-14(2)25-26(22(19)27)17-5-3-4-16(10-17)23(28)29/h3-12H,1-2H3,(H,28,29). The molecule has 1 N–H and O–H groups in total. The van der Waals surface area contributed by atoms with Crippen molar-refractivity contribution in [2.75, 3.05) is 5.01 Å². The average molecular weight is 421 g/mol. The summed E-state index contributed by atoms with van der Waals surface area (Å²) in [6.45, 7) is 3.64. The number of carboxylic acid groups (broad SMARTS) is 1. The van der Waals surface area contributed by atoms with Gasteiger partial charge in [-0.05, 0) is 61.9 Å². The van der Waals surface area contributed by atoms with Gasteiger partial charge in [-0.3, -0.25) is 4.79 Å². The molecule has 0 radical (unpaired) electrons. The second kappa shape index (κ2) is 7.65. The summed E-state index contributed by atoms with van der Waals surface area (Å²) in [5.74, 6) is -0.291. The molecule has 1 aliphatic heterocycles. The minimum absolute atomic E-state index is 0.0815. The molecule has 3 aromatic rings. The van der Waals surface area contributed by atoms with Gasteiger partial charge < -0.3 is 9.52 Å². The van der Waals surface area contributed by atoms with Crippen molar-refractivity contribution < 1.29 is 19.1 Å². The zero-order valence-corrected chi connectivity index (χ0v) is 17.0. The number of hydrazone groups is 1. The molecule has 150 valence electrons. The molecule has 1 aromatic heterocycles. The molecule has 0 saturated heterocycles. The van der Waals surface area contributed by atoms with Crippen LogP contribution in [0.25, 0.3) is 17.4 Å². The first-order chi connectivity index (χ1) is 14.3. The van der Waals surface area contributed by atoms with Crippen molar-refractivity contribution in [1.29, 1.82) is 0 Å². The maximum atomic E-state index is 12.9. The molecule has 7 heteroatoms. The summed E-state index contributed by atoms with van der Waals surface area (Å²) >= 11 is 6.19. The fourth-order valence-corrected chi connectivity index (χ4v) is 3.28. The van der Waals surface area contributed by atoms with Crippen LogP contribution in [0.5, 0.6) is 0 Å². The van der Waals surface area contributed by atoms with E-state index in [1.165, 1.54) is 17.1 Å². The van der Waals surface area contributed by atoms with E-state index in [4.69, 9.17) is 16.0 Å². The van der Waals surface area contributed by atoms with Gasteiger partial charge in [0.1, 0.15) is 11.5 Å². The van der Waals surface area contributed by atoms with E-state index < -0.39 is 5.97 Å². The molecular formula is C23H17ClN2O4. The zero-order valence-electron chi connectivity index (χ0n) is 16.2. The number of benzene rings is 2. The molecule has 0 fully saturated rings. The van der Waals surface area contributed by atoms with Gasteiger partial charge in [0.05, 0.1) is 22.5 Å². The van der Waals surface area contributed by atoms with E-state index in [1.807, 2.05) is 31.2 Å². The Bertz CT molecular complexity index is 1240. The van der Waals surface area contributed by atoms with Crippen LogP contribution in [-0.2, 0) is 4.79 Å². The molecule has 1 aliphatic rings. The number of carbonyl (C=O) groups excluding carboxylic acids is 1. The first-order valence-corrected chi connectivity index (χ1v) is 9.53. The third kappa shape index (κ3) is 3.65. The van der Waals surface area contributed by atoms with E-state index in [9.17, 15) is 14.7 Å². The van der Waals surface area contributed by atoms with Gasteiger partial charge in [-0.2, -0.15) is 10.1 Å². The number of carbonyl (C=O) groups is 2. The third-order valence-corrected chi connectivity index (χ3v) is 5.18. The molecule has 2 aromatic carbocycles. The van der Waals surface area contributed by atoms with Crippen molar-refractivity contribution in [3.05, 3.63) is 82.1 Å². The van der Waals surface area contributed by atoms with Gasteiger partial charge in [0.15, 0.2) is 0 Å². The number of aryl methyl sites for hydroxylation is 1. The van der Waals surface area contributed by atoms with Gasteiger partial charge in [-0.25, -0.2) is 4.79 Å². The summed E-state index contributed by atoms with van der Waals surface area (Å²) in [7, 11) is 0. The van der Waals surface area contributed by atoms with Gasteiger partial charge in [0.2, 0.25) is 0 Å². The Morgan fingerprint density at radius 2 is 1.93 bits per heavy atom. The molecule has 2 heterocycles. The lowest BCUT2D eigenvalue weighted by Gasteiger charge is -2.12. The van der Waals surface area contributed by atoms with Crippen molar-refractivity contribution >= 4 is 41.0 Å². The minimum atomic E-state index is -1.07. The Labute approximate surface area is 177 Å². The van der Waals surface area contributed by atoms with Crippen LogP contribution in [0.1, 0.15) is 28.6 Å². The fourth-order valence-electron chi connectivity index (χ4n) is 3.10. The monoisotopic (exact) mass is 420 g/mol. The highest BCUT2D eigenvalue weighted by atomic mass is 35.5. The fraction of sp³-hybridized carbons (Fsp3) is 0.0870. The van der Waals surface area contributed by atoms with Crippen molar-refractivity contribution in [3.8, 4) is 11.3 Å². The number of hydrogen-bond donors (Lipinski definition) is 1. The molecule has 1 amide bonds. The highest BCUT2D eigenvalue weighted by molar-refractivity contribution is 6.32. The van der Waals surface area contributed by atoms with Crippen LogP contribution in [0.15, 0.2) is 69.7 Å². The average Bonchev–Trinajstić information content (AvgIpc) is 3.30. The predicted molar refractivity (Wildman–Crippen MR) is 116 cm³/mol. The van der Waals surface area contributed by atoms with E-state index in [-0.39, 0.29) is 11.5 Å². The predicted octanol–water partition coefficient (Wildman–Crippen LogP) is 5.41. The Morgan fingerprint density at radius 3 is 2.67 bits per heavy atom. The number of amides is 1. The normalized spacial score (nSPS) is 15.0. The number of rotatable bonds is 4. The summed E-state index contributed by atoms with van der Waals surface area (Å²) in [5, 5.41) is 15.3. The quantitative estimate of drug-likeness (QED) is 0.572. The number of anilines is 1. The number of hydrogen-bond acceptors (Lipinski definition) is 4. The van der Waals surface area contributed by atoms with Gasteiger partial charge in [-0.1, -0.05) is 29.8 Å². The van der Waals surface area contributed by atoms with Crippen molar-refractivity contribution in [2.24, 2.45) is 5.10 Å². The summed E-state index contributed by atoms with van der Waals surface area (Å²) in [6, 6.07) is 15.3. The van der Waals surface area contributed by atoms with Crippen LogP contribution in [0.4, 0.5) is 5.69 Å². The maximum Gasteiger partial charge on any atom is 0.335 e. The molecular weight excluding hydrogens is 404 g/mol. The number of aromatic carboxylic acids is 1. The molecule has 6 nitrogen and oxygen atoms in total. The second-order valence-corrected chi connectivity index (χ2v) is 7.29. The molecule has 30 heavy (non-hydrogen) atoms. The van der Waals surface area contributed by atoms with E-state index in [2.05, 4.69) is 5.10 Å². The van der Waals surface area contributed by atoms with Crippen molar-refractivity contribution in [2.45, 2.75) is 13.8 Å². The molecule has 0 spiro atoms. The number of halogens is 1. The molecule has 0 saturated carbocycles.